The third-order valence-corrected chi connectivity index (χ3v) is 7.78. The number of para-hydroxylation sites is 1. The van der Waals surface area contributed by atoms with Crippen molar-refractivity contribution in [2.75, 3.05) is 13.2 Å². The molecule has 2 heterocycles. The topological polar surface area (TPSA) is 66.8 Å². The molecule has 5 heteroatoms. The van der Waals surface area contributed by atoms with E-state index < -0.39 is 0 Å². The van der Waals surface area contributed by atoms with Gasteiger partial charge in [0.25, 0.3) is 0 Å². The molecule has 1 N–H and O–H groups in total. The van der Waals surface area contributed by atoms with Gasteiger partial charge in [-0.3, -0.25) is 14.5 Å². The number of hydrogen-bond acceptors (Lipinski definition) is 4. The maximum atomic E-state index is 13.2. The SMILES string of the molecule is CCCN1C(=O)[C@@H]2[C@@H](CC(C)=C3[C@@H](CC/C(=C/c4ccccc4O)c4ccccc4)OC[C@@H]32)C1=O. The highest BCUT2D eigenvalue weighted by atomic mass is 16.5. The van der Waals surface area contributed by atoms with Crippen LogP contribution in [-0.2, 0) is 14.3 Å². The van der Waals surface area contributed by atoms with Gasteiger partial charge < -0.3 is 9.84 Å². The molecule has 2 amide bonds. The number of phenolic OH excluding ortho intramolecular Hbond substituents is 1. The largest absolute Gasteiger partial charge is 0.507 e. The van der Waals surface area contributed by atoms with Crippen LogP contribution in [0, 0.1) is 17.8 Å². The van der Waals surface area contributed by atoms with Crippen molar-refractivity contribution in [1.29, 1.82) is 0 Å². The number of allylic oxidation sites excluding steroid dienone is 2. The summed E-state index contributed by atoms with van der Waals surface area (Å²) in [5.41, 5.74) is 5.49. The Morgan fingerprint density at radius 1 is 1.06 bits per heavy atom. The lowest BCUT2D eigenvalue weighted by Gasteiger charge is -2.30. The van der Waals surface area contributed by atoms with Gasteiger partial charge in [-0.25, -0.2) is 0 Å². The van der Waals surface area contributed by atoms with Crippen LogP contribution in [-0.4, -0.2) is 41.1 Å². The smallest absolute Gasteiger partial charge is 0.233 e. The molecule has 3 aliphatic rings. The molecule has 35 heavy (non-hydrogen) atoms. The van der Waals surface area contributed by atoms with Gasteiger partial charge in [0.2, 0.25) is 11.8 Å². The molecule has 0 saturated carbocycles. The molecular formula is C30H33NO4. The van der Waals surface area contributed by atoms with Crippen molar-refractivity contribution in [3.63, 3.8) is 0 Å². The maximum Gasteiger partial charge on any atom is 0.233 e. The molecule has 0 spiro atoms. The fourth-order valence-electron chi connectivity index (χ4n) is 6.17. The highest BCUT2D eigenvalue weighted by Crippen LogP contribution is 2.49. The van der Waals surface area contributed by atoms with Gasteiger partial charge in [-0.1, -0.05) is 61.0 Å². The number of hydrogen-bond donors (Lipinski definition) is 1. The number of rotatable bonds is 7. The van der Waals surface area contributed by atoms with Gasteiger partial charge in [0.05, 0.1) is 24.5 Å². The summed E-state index contributed by atoms with van der Waals surface area (Å²) in [4.78, 5) is 27.6. The second kappa shape index (κ2) is 9.82. The number of aromatic hydroxyl groups is 1. The molecular weight excluding hydrogens is 438 g/mol. The van der Waals surface area contributed by atoms with Crippen molar-refractivity contribution in [2.45, 2.75) is 45.6 Å². The van der Waals surface area contributed by atoms with Crippen LogP contribution in [0.3, 0.4) is 0 Å². The first kappa shape index (κ1) is 23.6. The molecule has 2 aromatic carbocycles. The fourth-order valence-corrected chi connectivity index (χ4v) is 6.17. The minimum atomic E-state index is -0.275. The number of benzene rings is 2. The Labute approximate surface area is 207 Å². The third kappa shape index (κ3) is 4.34. The molecule has 2 aliphatic heterocycles. The number of fused-ring (bicyclic) bond motifs is 3. The zero-order chi connectivity index (χ0) is 24.5. The zero-order valence-corrected chi connectivity index (χ0v) is 20.4. The van der Waals surface area contributed by atoms with Gasteiger partial charge >= 0.3 is 0 Å². The van der Waals surface area contributed by atoms with Crippen LogP contribution in [0.5, 0.6) is 5.75 Å². The quantitative estimate of drug-likeness (QED) is 0.331. The van der Waals surface area contributed by atoms with Crippen LogP contribution >= 0.6 is 0 Å². The molecule has 5 nitrogen and oxygen atoms in total. The molecule has 0 radical (unpaired) electrons. The zero-order valence-electron chi connectivity index (χ0n) is 20.4. The summed E-state index contributed by atoms with van der Waals surface area (Å²) in [7, 11) is 0. The van der Waals surface area contributed by atoms with E-state index in [2.05, 4.69) is 25.1 Å². The number of carbonyl (C=O) groups is 2. The van der Waals surface area contributed by atoms with E-state index in [9.17, 15) is 14.7 Å². The molecule has 0 aromatic heterocycles. The van der Waals surface area contributed by atoms with Crippen molar-refractivity contribution in [3.8, 4) is 5.75 Å². The monoisotopic (exact) mass is 471 g/mol. The molecule has 5 rings (SSSR count). The third-order valence-electron chi connectivity index (χ3n) is 7.78. The average molecular weight is 472 g/mol. The van der Waals surface area contributed by atoms with E-state index in [1.54, 1.807) is 6.07 Å². The summed E-state index contributed by atoms with van der Waals surface area (Å²) >= 11 is 0. The second-order valence-corrected chi connectivity index (χ2v) is 9.96. The summed E-state index contributed by atoms with van der Waals surface area (Å²) in [5, 5.41) is 10.3. The molecule has 182 valence electrons. The van der Waals surface area contributed by atoms with E-state index in [1.165, 1.54) is 16.0 Å². The molecule has 0 unspecified atom stereocenters. The van der Waals surface area contributed by atoms with E-state index in [0.29, 0.717) is 19.6 Å². The summed E-state index contributed by atoms with van der Waals surface area (Å²) < 4.78 is 6.30. The van der Waals surface area contributed by atoms with E-state index in [0.717, 1.165) is 36.0 Å². The van der Waals surface area contributed by atoms with Crippen molar-refractivity contribution in [3.05, 3.63) is 76.9 Å². The van der Waals surface area contributed by atoms with Crippen molar-refractivity contribution >= 4 is 23.5 Å². The van der Waals surface area contributed by atoms with Gasteiger partial charge in [-0.05, 0) is 61.5 Å². The van der Waals surface area contributed by atoms with Gasteiger partial charge in [0, 0.05) is 18.0 Å². The van der Waals surface area contributed by atoms with Crippen molar-refractivity contribution in [2.24, 2.45) is 17.8 Å². The second-order valence-electron chi connectivity index (χ2n) is 9.96. The van der Waals surface area contributed by atoms with Crippen LogP contribution in [0.15, 0.2) is 65.7 Å². The molecule has 2 fully saturated rings. The molecule has 2 saturated heterocycles. The lowest BCUT2D eigenvalue weighted by molar-refractivity contribution is -0.140. The number of imide groups is 1. The lowest BCUT2D eigenvalue weighted by Crippen LogP contribution is -2.34. The van der Waals surface area contributed by atoms with Crippen LogP contribution in [0.1, 0.15) is 50.7 Å². The molecule has 4 atom stereocenters. The summed E-state index contributed by atoms with van der Waals surface area (Å²) in [6.07, 6.45) is 4.99. The molecule has 2 aromatic rings. The first-order chi connectivity index (χ1) is 17.0. The summed E-state index contributed by atoms with van der Waals surface area (Å²) in [6.45, 7) is 5.12. The summed E-state index contributed by atoms with van der Waals surface area (Å²) in [6, 6.07) is 17.6. The van der Waals surface area contributed by atoms with E-state index in [-0.39, 0.29) is 41.4 Å². The Kier molecular flexibility index (Phi) is 6.61. The Bertz CT molecular complexity index is 1180. The number of nitrogens with zero attached hydrogens (tertiary/aromatic N) is 1. The number of amides is 2. The first-order valence-corrected chi connectivity index (χ1v) is 12.7. The Balaban J connectivity index is 1.38. The normalized spacial score (nSPS) is 26.3. The highest BCUT2D eigenvalue weighted by molar-refractivity contribution is 6.05. The van der Waals surface area contributed by atoms with E-state index >= 15 is 0 Å². The van der Waals surface area contributed by atoms with Crippen molar-refractivity contribution in [1.82, 2.24) is 4.90 Å². The standard InChI is InChI=1S/C30H33NO4/c1-3-15-31-29(33)23-16-19(2)27-24(28(23)30(31)34)18-35-26(27)14-13-21(20-9-5-4-6-10-20)17-22-11-7-8-12-25(22)32/h4-12,17,23-24,26,28,32H,3,13-16,18H2,1-2H3/b21-17-/t23-,24+,26-,28-/m1/s1. The Morgan fingerprint density at radius 3 is 2.54 bits per heavy atom. The minimum Gasteiger partial charge on any atom is -0.507 e. The lowest BCUT2D eigenvalue weighted by atomic mass is 9.70. The molecule has 0 bridgehead atoms. The fraction of sp³-hybridized carbons (Fsp3) is 0.400. The molecule has 1 aliphatic carbocycles. The Morgan fingerprint density at radius 2 is 1.80 bits per heavy atom. The summed E-state index contributed by atoms with van der Waals surface area (Å²) in [5.74, 6) is -0.254. The van der Waals surface area contributed by atoms with Gasteiger partial charge in [0.15, 0.2) is 0 Å². The first-order valence-electron chi connectivity index (χ1n) is 12.7. The number of carbonyl (C=O) groups excluding carboxylic acids is 2. The van der Waals surface area contributed by atoms with Gasteiger partial charge in [-0.2, -0.15) is 0 Å². The van der Waals surface area contributed by atoms with Gasteiger partial charge in [-0.15, -0.1) is 0 Å². The van der Waals surface area contributed by atoms with Crippen LogP contribution in [0.25, 0.3) is 11.6 Å². The van der Waals surface area contributed by atoms with Crippen LogP contribution < -0.4 is 0 Å². The predicted molar refractivity (Wildman–Crippen MR) is 136 cm³/mol. The maximum absolute atomic E-state index is 13.2. The predicted octanol–water partition coefficient (Wildman–Crippen LogP) is 5.46. The van der Waals surface area contributed by atoms with Crippen LogP contribution in [0.4, 0.5) is 0 Å². The van der Waals surface area contributed by atoms with Crippen molar-refractivity contribution < 1.29 is 19.4 Å². The van der Waals surface area contributed by atoms with E-state index in [1.807, 2.05) is 43.3 Å². The van der Waals surface area contributed by atoms with E-state index in [4.69, 9.17) is 4.74 Å². The minimum absolute atomic E-state index is 0.000575. The highest BCUT2D eigenvalue weighted by Gasteiger charge is 2.56. The number of phenols is 1. The van der Waals surface area contributed by atoms with Crippen LogP contribution in [0.2, 0.25) is 0 Å². The van der Waals surface area contributed by atoms with Gasteiger partial charge in [0.1, 0.15) is 5.75 Å². The number of ether oxygens (including phenoxy) is 1. The average Bonchev–Trinajstić information content (AvgIpc) is 3.39. The Hall–Kier alpha value is -3.18. The number of likely N-dealkylation sites (tertiary alicyclic amines) is 1.